The molecule has 1 amide bonds. The van der Waals surface area contributed by atoms with Crippen LogP contribution in [0.2, 0.25) is 0 Å². The van der Waals surface area contributed by atoms with E-state index in [2.05, 4.69) is 10.3 Å². The number of hydrogen-bond acceptors (Lipinski definition) is 5. The van der Waals surface area contributed by atoms with Gasteiger partial charge in [0, 0.05) is 38.0 Å². The van der Waals surface area contributed by atoms with Crippen LogP contribution in [0.3, 0.4) is 0 Å². The Morgan fingerprint density at radius 3 is 2.83 bits per heavy atom. The molecule has 23 heavy (non-hydrogen) atoms. The van der Waals surface area contributed by atoms with Gasteiger partial charge in [-0.2, -0.15) is 0 Å². The Hall–Kier alpha value is -1.11. The van der Waals surface area contributed by atoms with Gasteiger partial charge in [0.25, 0.3) is 0 Å². The second-order valence-corrected chi connectivity index (χ2v) is 7.10. The van der Waals surface area contributed by atoms with Crippen LogP contribution in [0, 0.1) is 11.8 Å². The summed E-state index contributed by atoms with van der Waals surface area (Å²) in [4.78, 5) is 16.5. The number of nitrogens with zero attached hydrogens (tertiary/aromatic N) is 1. The van der Waals surface area contributed by atoms with Crippen molar-refractivity contribution in [2.45, 2.75) is 30.3 Å². The molecule has 2 saturated heterocycles. The fourth-order valence-electron chi connectivity index (χ4n) is 3.37. The van der Waals surface area contributed by atoms with Crippen molar-refractivity contribution in [3.8, 4) is 0 Å². The standard InChI is InChI=1S/C17H24N2O3S/c20-16(12-23-17-3-1-2-7-18-17)19-15-6-10-22-11-14(15)13-4-8-21-9-5-13/h1-3,7,13-15H,4-6,8-12H2,(H,19,20)/t14-,15-/m0/s1. The zero-order chi connectivity index (χ0) is 15.9. The number of rotatable bonds is 5. The van der Waals surface area contributed by atoms with Crippen LogP contribution in [0.1, 0.15) is 19.3 Å². The van der Waals surface area contributed by atoms with Crippen molar-refractivity contribution in [2.75, 3.05) is 32.2 Å². The largest absolute Gasteiger partial charge is 0.381 e. The Bertz CT molecular complexity index is 494. The van der Waals surface area contributed by atoms with Crippen LogP contribution in [0.5, 0.6) is 0 Å². The van der Waals surface area contributed by atoms with E-state index in [1.54, 1.807) is 6.20 Å². The van der Waals surface area contributed by atoms with Crippen molar-refractivity contribution >= 4 is 17.7 Å². The normalized spacial score (nSPS) is 25.9. The second-order valence-electron chi connectivity index (χ2n) is 6.11. The van der Waals surface area contributed by atoms with Gasteiger partial charge in [-0.3, -0.25) is 4.79 Å². The number of thioether (sulfide) groups is 1. The van der Waals surface area contributed by atoms with E-state index in [4.69, 9.17) is 9.47 Å². The molecule has 1 aromatic rings. The average Bonchev–Trinajstić information content (AvgIpc) is 2.62. The molecule has 1 aromatic heterocycles. The highest BCUT2D eigenvalue weighted by atomic mass is 32.2. The molecule has 3 rings (SSSR count). The van der Waals surface area contributed by atoms with Crippen LogP contribution in [-0.2, 0) is 14.3 Å². The molecular formula is C17H24N2O3S. The summed E-state index contributed by atoms with van der Waals surface area (Å²) in [5.41, 5.74) is 0. The summed E-state index contributed by atoms with van der Waals surface area (Å²) in [6, 6.07) is 5.97. The summed E-state index contributed by atoms with van der Waals surface area (Å²) < 4.78 is 11.1. The van der Waals surface area contributed by atoms with Crippen molar-refractivity contribution in [1.29, 1.82) is 0 Å². The lowest BCUT2D eigenvalue weighted by molar-refractivity contribution is -0.121. The molecule has 2 atom stereocenters. The predicted molar refractivity (Wildman–Crippen MR) is 89.4 cm³/mol. The third kappa shape index (κ3) is 4.93. The first-order valence-corrected chi connectivity index (χ1v) is 9.30. The molecule has 5 nitrogen and oxygen atoms in total. The van der Waals surface area contributed by atoms with Gasteiger partial charge in [0.15, 0.2) is 0 Å². The first-order valence-electron chi connectivity index (χ1n) is 8.31. The SMILES string of the molecule is O=C(CSc1ccccn1)N[C@H]1CCOC[C@H]1C1CCOCC1. The van der Waals surface area contributed by atoms with E-state index in [1.807, 2.05) is 18.2 Å². The smallest absolute Gasteiger partial charge is 0.230 e. The number of carbonyl (C=O) groups excluding carboxylic acids is 1. The molecule has 0 aliphatic carbocycles. The first kappa shape index (κ1) is 16.7. The second kappa shape index (κ2) is 8.66. The third-order valence-corrected chi connectivity index (χ3v) is 5.55. The molecule has 1 N–H and O–H groups in total. The minimum Gasteiger partial charge on any atom is -0.381 e. The Balaban J connectivity index is 1.50. The van der Waals surface area contributed by atoms with E-state index in [9.17, 15) is 4.79 Å². The topological polar surface area (TPSA) is 60.5 Å². The molecule has 0 saturated carbocycles. The van der Waals surface area contributed by atoms with Crippen LogP contribution in [-0.4, -0.2) is 49.1 Å². The van der Waals surface area contributed by atoms with E-state index in [0.717, 1.165) is 50.7 Å². The predicted octanol–water partition coefficient (Wildman–Crippen LogP) is 2.12. The number of ether oxygens (including phenoxy) is 2. The number of carbonyl (C=O) groups is 1. The molecule has 0 aromatic carbocycles. The monoisotopic (exact) mass is 336 g/mol. The Kier molecular flexibility index (Phi) is 6.30. The average molecular weight is 336 g/mol. The molecule has 6 heteroatoms. The maximum atomic E-state index is 12.3. The highest BCUT2D eigenvalue weighted by Crippen LogP contribution is 2.30. The fourth-order valence-corrected chi connectivity index (χ4v) is 4.04. The first-order chi connectivity index (χ1) is 11.3. The minimum atomic E-state index is 0.0876. The molecule has 2 aliphatic rings. The van der Waals surface area contributed by atoms with Gasteiger partial charge in [-0.1, -0.05) is 17.8 Å². The van der Waals surface area contributed by atoms with Crippen molar-refractivity contribution < 1.29 is 14.3 Å². The van der Waals surface area contributed by atoms with Gasteiger partial charge < -0.3 is 14.8 Å². The number of amides is 1. The zero-order valence-electron chi connectivity index (χ0n) is 13.3. The maximum Gasteiger partial charge on any atom is 0.230 e. The quantitative estimate of drug-likeness (QED) is 0.835. The Morgan fingerprint density at radius 2 is 2.04 bits per heavy atom. The van der Waals surface area contributed by atoms with Gasteiger partial charge in [0.2, 0.25) is 5.91 Å². The molecule has 3 heterocycles. The van der Waals surface area contributed by atoms with Gasteiger partial charge in [0.1, 0.15) is 0 Å². The number of aromatic nitrogens is 1. The third-order valence-electron chi connectivity index (χ3n) is 4.61. The molecule has 126 valence electrons. The van der Waals surface area contributed by atoms with Gasteiger partial charge in [-0.05, 0) is 37.3 Å². The Morgan fingerprint density at radius 1 is 1.22 bits per heavy atom. The molecule has 0 unspecified atom stereocenters. The highest BCUT2D eigenvalue weighted by Gasteiger charge is 2.34. The van der Waals surface area contributed by atoms with Crippen molar-refractivity contribution in [2.24, 2.45) is 11.8 Å². The van der Waals surface area contributed by atoms with Gasteiger partial charge in [-0.25, -0.2) is 4.98 Å². The summed E-state index contributed by atoms with van der Waals surface area (Å²) in [6.07, 6.45) is 4.80. The van der Waals surface area contributed by atoms with E-state index in [1.165, 1.54) is 11.8 Å². The van der Waals surface area contributed by atoms with Gasteiger partial charge in [0.05, 0.1) is 17.4 Å². The maximum absolute atomic E-state index is 12.3. The lowest BCUT2D eigenvalue weighted by atomic mass is 9.79. The molecule has 0 spiro atoms. The molecular weight excluding hydrogens is 312 g/mol. The van der Waals surface area contributed by atoms with Gasteiger partial charge >= 0.3 is 0 Å². The summed E-state index contributed by atoms with van der Waals surface area (Å²) >= 11 is 1.48. The molecule has 2 fully saturated rings. The van der Waals surface area contributed by atoms with Crippen LogP contribution in [0.4, 0.5) is 0 Å². The lowest BCUT2D eigenvalue weighted by Crippen LogP contribution is -2.49. The van der Waals surface area contributed by atoms with Crippen LogP contribution in [0.25, 0.3) is 0 Å². The molecule has 0 radical (unpaired) electrons. The summed E-state index contributed by atoms with van der Waals surface area (Å²) in [7, 11) is 0. The number of nitrogens with one attached hydrogen (secondary N) is 1. The van der Waals surface area contributed by atoms with Crippen molar-refractivity contribution in [3.63, 3.8) is 0 Å². The minimum absolute atomic E-state index is 0.0876. The van der Waals surface area contributed by atoms with E-state index >= 15 is 0 Å². The summed E-state index contributed by atoms with van der Waals surface area (Å²) in [6.45, 7) is 3.15. The summed E-state index contributed by atoms with van der Waals surface area (Å²) in [5.74, 6) is 1.51. The van der Waals surface area contributed by atoms with E-state index < -0.39 is 0 Å². The molecule has 2 aliphatic heterocycles. The Labute approximate surface area is 141 Å². The summed E-state index contributed by atoms with van der Waals surface area (Å²) in [5, 5.41) is 4.11. The zero-order valence-corrected chi connectivity index (χ0v) is 14.1. The van der Waals surface area contributed by atoms with Crippen molar-refractivity contribution in [3.05, 3.63) is 24.4 Å². The fraction of sp³-hybridized carbons (Fsp3) is 0.647. The lowest BCUT2D eigenvalue weighted by Gasteiger charge is -2.39. The van der Waals surface area contributed by atoms with E-state index in [-0.39, 0.29) is 11.9 Å². The van der Waals surface area contributed by atoms with Crippen LogP contribution >= 0.6 is 11.8 Å². The van der Waals surface area contributed by atoms with Crippen LogP contribution in [0.15, 0.2) is 29.4 Å². The van der Waals surface area contributed by atoms with Crippen LogP contribution < -0.4 is 5.32 Å². The van der Waals surface area contributed by atoms with E-state index in [0.29, 0.717) is 17.6 Å². The van der Waals surface area contributed by atoms with Crippen molar-refractivity contribution in [1.82, 2.24) is 10.3 Å². The number of pyridine rings is 1. The van der Waals surface area contributed by atoms with Gasteiger partial charge in [-0.15, -0.1) is 0 Å². The number of hydrogen-bond donors (Lipinski definition) is 1. The highest BCUT2D eigenvalue weighted by molar-refractivity contribution is 7.99. The molecule has 0 bridgehead atoms.